The van der Waals surface area contributed by atoms with Crippen LogP contribution < -0.4 is 10.6 Å². The molecule has 1 saturated heterocycles. The number of nitrogens with two attached hydrogens (primary N) is 1. The number of carbonyl (C=O) groups excluding carboxylic acids is 1. The van der Waals surface area contributed by atoms with Crippen molar-refractivity contribution in [2.75, 3.05) is 25.0 Å². The van der Waals surface area contributed by atoms with Crippen LogP contribution in [0.15, 0.2) is 6.07 Å². The molecule has 0 saturated carbocycles. The van der Waals surface area contributed by atoms with Gasteiger partial charge in [0.05, 0.1) is 6.04 Å². The molecule has 2 N–H and O–H groups in total. The van der Waals surface area contributed by atoms with Gasteiger partial charge in [-0.15, -0.1) is 0 Å². The maximum Gasteiger partial charge on any atom is 0.410 e. The quantitative estimate of drug-likeness (QED) is 0.736. The maximum absolute atomic E-state index is 14.5. The molecule has 2 atom stereocenters. The van der Waals surface area contributed by atoms with Crippen LogP contribution in [-0.4, -0.2) is 48.8 Å². The maximum atomic E-state index is 14.5. The Morgan fingerprint density at radius 1 is 1.29 bits per heavy atom. The van der Waals surface area contributed by atoms with Crippen molar-refractivity contribution >= 4 is 11.8 Å². The van der Waals surface area contributed by atoms with E-state index in [9.17, 15) is 18.0 Å². The molecule has 158 valence electrons. The molecule has 2 rings (SSSR count). The van der Waals surface area contributed by atoms with Crippen molar-refractivity contribution in [2.24, 2.45) is 5.73 Å². The van der Waals surface area contributed by atoms with Gasteiger partial charge in [-0.2, -0.15) is 0 Å². The first-order valence-electron chi connectivity index (χ1n) is 9.59. The van der Waals surface area contributed by atoms with E-state index in [1.54, 1.807) is 25.7 Å². The van der Waals surface area contributed by atoms with Gasteiger partial charge in [0.25, 0.3) is 0 Å². The second kappa shape index (κ2) is 8.59. The van der Waals surface area contributed by atoms with Gasteiger partial charge >= 0.3 is 6.09 Å². The number of halogens is 3. The van der Waals surface area contributed by atoms with Crippen LogP contribution in [0.4, 0.5) is 23.7 Å². The summed E-state index contributed by atoms with van der Waals surface area (Å²) in [4.78, 5) is 15.4. The molecule has 1 heterocycles. The first-order chi connectivity index (χ1) is 13.0. The van der Waals surface area contributed by atoms with Crippen LogP contribution in [0.2, 0.25) is 0 Å². The zero-order valence-corrected chi connectivity index (χ0v) is 17.2. The van der Waals surface area contributed by atoms with Crippen molar-refractivity contribution in [3.05, 3.63) is 29.1 Å². The molecule has 1 aromatic rings. The van der Waals surface area contributed by atoms with E-state index in [2.05, 4.69) is 0 Å². The van der Waals surface area contributed by atoms with Crippen molar-refractivity contribution in [2.45, 2.75) is 64.6 Å². The topological polar surface area (TPSA) is 58.8 Å². The van der Waals surface area contributed by atoms with E-state index in [1.165, 1.54) is 11.9 Å². The monoisotopic (exact) mass is 401 g/mol. The highest BCUT2D eigenvalue weighted by Crippen LogP contribution is 2.33. The average molecular weight is 401 g/mol. The second-order valence-electron chi connectivity index (χ2n) is 8.25. The summed E-state index contributed by atoms with van der Waals surface area (Å²) >= 11 is 0. The summed E-state index contributed by atoms with van der Waals surface area (Å²) in [6.07, 6.45) is 1.05. The Morgan fingerprint density at radius 2 is 1.93 bits per heavy atom. The van der Waals surface area contributed by atoms with Gasteiger partial charge in [0, 0.05) is 19.6 Å². The summed E-state index contributed by atoms with van der Waals surface area (Å²) in [6.45, 7) is 7.57. The summed E-state index contributed by atoms with van der Waals surface area (Å²) in [6, 6.07) is 0.736. The lowest BCUT2D eigenvalue weighted by molar-refractivity contribution is -0.0301. The molecule has 8 heteroatoms. The molecule has 0 spiro atoms. The van der Waals surface area contributed by atoms with Crippen molar-refractivity contribution in [3.63, 3.8) is 0 Å². The standard InChI is InChI=1S/C20H30F3N3O2/c1-6-13-10-14(26(13)19(27)28-20(2,3)4)11-25(5)18-15(21)9-12(7-8-24)16(22)17(18)23/h9,13-14H,6-8,10-11,24H2,1-5H3. The Morgan fingerprint density at radius 3 is 2.46 bits per heavy atom. The number of benzene rings is 1. The second-order valence-corrected chi connectivity index (χ2v) is 8.25. The molecule has 0 aliphatic carbocycles. The molecule has 1 aliphatic heterocycles. The first-order valence-corrected chi connectivity index (χ1v) is 9.59. The van der Waals surface area contributed by atoms with Gasteiger partial charge in [0.1, 0.15) is 17.1 Å². The van der Waals surface area contributed by atoms with Gasteiger partial charge in [0.15, 0.2) is 11.6 Å². The van der Waals surface area contributed by atoms with Crippen molar-refractivity contribution in [1.29, 1.82) is 0 Å². The first kappa shape index (κ1) is 22.3. The predicted molar refractivity (Wildman–Crippen MR) is 103 cm³/mol. The van der Waals surface area contributed by atoms with E-state index >= 15 is 0 Å². The minimum atomic E-state index is -1.24. The van der Waals surface area contributed by atoms with Crippen LogP contribution in [0.1, 0.15) is 46.1 Å². The predicted octanol–water partition coefficient (Wildman–Crippen LogP) is 3.83. The summed E-state index contributed by atoms with van der Waals surface area (Å²) in [5, 5.41) is 0. The fourth-order valence-corrected chi connectivity index (χ4v) is 3.57. The highest BCUT2D eigenvalue weighted by molar-refractivity contribution is 5.70. The van der Waals surface area contributed by atoms with Gasteiger partial charge in [0.2, 0.25) is 0 Å². The fourth-order valence-electron chi connectivity index (χ4n) is 3.57. The molecule has 2 unspecified atom stereocenters. The average Bonchev–Trinajstić information content (AvgIpc) is 2.54. The van der Waals surface area contributed by atoms with E-state index in [0.29, 0.717) is 6.42 Å². The van der Waals surface area contributed by atoms with Crippen molar-refractivity contribution < 1.29 is 22.7 Å². The molecule has 1 aromatic carbocycles. The minimum absolute atomic E-state index is 0.0200. The largest absolute Gasteiger partial charge is 0.444 e. The van der Waals surface area contributed by atoms with E-state index in [1.807, 2.05) is 6.92 Å². The summed E-state index contributed by atoms with van der Waals surface area (Å²) in [5.41, 5.74) is 4.20. The number of likely N-dealkylation sites (tertiary alicyclic amines) is 1. The van der Waals surface area contributed by atoms with E-state index in [0.717, 1.165) is 12.5 Å². The Labute approximate surface area is 164 Å². The zero-order chi connectivity index (χ0) is 21.2. The number of amides is 1. The van der Waals surface area contributed by atoms with E-state index < -0.39 is 34.8 Å². The molecule has 28 heavy (non-hydrogen) atoms. The number of carbonyl (C=O) groups is 1. The molecule has 0 radical (unpaired) electrons. The van der Waals surface area contributed by atoms with E-state index in [-0.39, 0.29) is 37.2 Å². The molecule has 0 aromatic heterocycles. The van der Waals surface area contributed by atoms with Crippen LogP contribution in [0.25, 0.3) is 0 Å². The van der Waals surface area contributed by atoms with Gasteiger partial charge in [-0.1, -0.05) is 6.92 Å². The molecule has 1 amide bonds. The third kappa shape index (κ3) is 4.71. The van der Waals surface area contributed by atoms with Crippen LogP contribution in [0.5, 0.6) is 0 Å². The number of ether oxygens (including phenoxy) is 1. The Kier molecular flexibility index (Phi) is 6.85. The van der Waals surface area contributed by atoms with Crippen LogP contribution in [0.3, 0.4) is 0 Å². The molecule has 0 bridgehead atoms. The van der Waals surface area contributed by atoms with Gasteiger partial charge in [-0.05, 0) is 58.2 Å². The van der Waals surface area contributed by atoms with E-state index in [4.69, 9.17) is 10.5 Å². The molecular weight excluding hydrogens is 371 g/mol. The van der Waals surface area contributed by atoms with Gasteiger partial charge in [-0.25, -0.2) is 18.0 Å². The van der Waals surface area contributed by atoms with Crippen LogP contribution >= 0.6 is 0 Å². The highest BCUT2D eigenvalue weighted by Gasteiger charge is 2.43. The lowest BCUT2D eigenvalue weighted by Crippen LogP contribution is -2.62. The third-order valence-electron chi connectivity index (χ3n) is 4.90. The number of rotatable bonds is 6. The summed E-state index contributed by atoms with van der Waals surface area (Å²) in [7, 11) is 1.48. The highest BCUT2D eigenvalue weighted by atomic mass is 19.2. The van der Waals surface area contributed by atoms with Gasteiger partial charge < -0.3 is 20.3 Å². The fraction of sp³-hybridized carbons (Fsp3) is 0.650. The number of anilines is 1. The van der Waals surface area contributed by atoms with Gasteiger partial charge in [-0.3, -0.25) is 0 Å². The third-order valence-corrected chi connectivity index (χ3v) is 4.90. The lowest BCUT2D eigenvalue weighted by Gasteiger charge is -2.49. The van der Waals surface area contributed by atoms with Crippen LogP contribution in [-0.2, 0) is 11.2 Å². The summed E-state index contributed by atoms with van der Waals surface area (Å²) in [5.74, 6) is -3.17. The minimum Gasteiger partial charge on any atom is -0.444 e. The van der Waals surface area contributed by atoms with Crippen molar-refractivity contribution in [3.8, 4) is 0 Å². The van der Waals surface area contributed by atoms with Crippen molar-refractivity contribution in [1.82, 2.24) is 4.90 Å². The molecule has 1 aliphatic rings. The molecular formula is C20H30F3N3O2. The molecule has 1 fully saturated rings. The smallest absolute Gasteiger partial charge is 0.410 e. The normalized spacial score (nSPS) is 19.4. The molecule has 5 nitrogen and oxygen atoms in total. The number of hydrogen-bond acceptors (Lipinski definition) is 4. The number of hydrogen-bond donors (Lipinski definition) is 1. The number of nitrogens with zero attached hydrogens (tertiary/aromatic N) is 2. The Bertz CT molecular complexity index is 722. The zero-order valence-electron chi connectivity index (χ0n) is 17.2. The Hall–Kier alpha value is -1.96. The number of likely N-dealkylation sites (N-methyl/N-ethyl adjacent to an activating group) is 1. The SMILES string of the molecule is CCC1CC(CN(C)c2c(F)cc(CCN)c(F)c2F)N1C(=O)OC(C)(C)C. The summed E-state index contributed by atoms with van der Waals surface area (Å²) < 4.78 is 48.6. The Balaban J connectivity index is 2.19. The lowest BCUT2D eigenvalue weighted by atomic mass is 9.91. The van der Waals surface area contributed by atoms with Crippen LogP contribution in [0, 0.1) is 17.5 Å².